The predicted molar refractivity (Wildman–Crippen MR) is 67.0 cm³/mol. The van der Waals surface area contributed by atoms with Gasteiger partial charge in [0.15, 0.2) is 0 Å². The van der Waals surface area contributed by atoms with Crippen LogP contribution in [0.15, 0.2) is 42.7 Å². The summed E-state index contributed by atoms with van der Waals surface area (Å²) >= 11 is 3.40. The maximum atomic E-state index is 8.98. The molecule has 0 aliphatic heterocycles. The Labute approximate surface area is 103 Å². The molecule has 0 spiro atoms. The number of pyridine rings is 1. The van der Waals surface area contributed by atoms with E-state index in [4.69, 9.17) is 5.26 Å². The Morgan fingerprint density at radius 3 is 2.56 bits per heavy atom. The minimum atomic E-state index is 0.606. The second kappa shape index (κ2) is 4.91. The van der Waals surface area contributed by atoms with Gasteiger partial charge in [-0.15, -0.1) is 0 Å². The van der Waals surface area contributed by atoms with Gasteiger partial charge in [-0.25, -0.2) is 0 Å². The molecular formula is C13H9BrN2. The van der Waals surface area contributed by atoms with Crippen LogP contribution in [-0.4, -0.2) is 4.98 Å². The highest BCUT2D eigenvalue weighted by atomic mass is 79.9. The molecule has 0 radical (unpaired) electrons. The first kappa shape index (κ1) is 10.8. The van der Waals surface area contributed by atoms with Gasteiger partial charge in [-0.1, -0.05) is 40.2 Å². The normalized spacial score (nSPS) is 9.75. The molecule has 0 unspecified atom stereocenters. The van der Waals surface area contributed by atoms with Crippen LogP contribution >= 0.6 is 15.9 Å². The van der Waals surface area contributed by atoms with Gasteiger partial charge in [-0.2, -0.15) is 5.26 Å². The van der Waals surface area contributed by atoms with Gasteiger partial charge in [0.1, 0.15) is 6.07 Å². The lowest BCUT2D eigenvalue weighted by atomic mass is 10.0. The lowest BCUT2D eigenvalue weighted by Crippen LogP contribution is -1.86. The maximum absolute atomic E-state index is 8.98. The summed E-state index contributed by atoms with van der Waals surface area (Å²) in [4.78, 5) is 3.95. The lowest BCUT2D eigenvalue weighted by Gasteiger charge is -2.04. The molecule has 0 fully saturated rings. The Hall–Kier alpha value is -1.66. The molecule has 0 bridgehead atoms. The summed E-state index contributed by atoms with van der Waals surface area (Å²) < 4.78 is 0. The van der Waals surface area contributed by atoms with Gasteiger partial charge in [0.25, 0.3) is 0 Å². The van der Waals surface area contributed by atoms with E-state index in [-0.39, 0.29) is 0 Å². The van der Waals surface area contributed by atoms with Crippen LogP contribution in [0.3, 0.4) is 0 Å². The van der Waals surface area contributed by atoms with Crippen molar-refractivity contribution in [3.05, 3.63) is 53.9 Å². The molecule has 0 N–H and O–H groups in total. The van der Waals surface area contributed by atoms with Crippen LogP contribution in [-0.2, 0) is 5.33 Å². The summed E-state index contributed by atoms with van der Waals surface area (Å²) in [5.74, 6) is 0. The van der Waals surface area contributed by atoms with Gasteiger partial charge in [0.2, 0.25) is 0 Å². The van der Waals surface area contributed by atoms with Crippen molar-refractivity contribution < 1.29 is 0 Å². The highest BCUT2D eigenvalue weighted by Gasteiger charge is 2.03. The maximum Gasteiger partial charge on any atom is 0.101 e. The van der Waals surface area contributed by atoms with E-state index in [1.54, 1.807) is 12.4 Å². The minimum Gasteiger partial charge on any atom is -0.263 e. The van der Waals surface area contributed by atoms with Crippen molar-refractivity contribution in [2.45, 2.75) is 5.33 Å². The highest BCUT2D eigenvalue weighted by Crippen LogP contribution is 2.23. The number of halogens is 1. The molecule has 2 rings (SSSR count). The largest absolute Gasteiger partial charge is 0.263 e. The van der Waals surface area contributed by atoms with Gasteiger partial charge in [0.05, 0.1) is 5.56 Å². The third-order valence-electron chi connectivity index (χ3n) is 2.36. The molecule has 0 saturated heterocycles. The van der Waals surface area contributed by atoms with E-state index < -0.39 is 0 Å². The molecule has 3 heteroatoms. The number of nitriles is 1. The Balaban J connectivity index is 2.47. The minimum absolute atomic E-state index is 0.606. The van der Waals surface area contributed by atoms with Crippen LogP contribution < -0.4 is 0 Å². The van der Waals surface area contributed by atoms with E-state index in [2.05, 4.69) is 27.0 Å². The van der Waals surface area contributed by atoms with Crippen molar-refractivity contribution in [2.24, 2.45) is 0 Å². The third kappa shape index (κ3) is 2.12. The molecule has 16 heavy (non-hydrogen) atoms. The van der Waals surface area contributed by atoms with Gasteiger partial charge in [-0.3, -0.25) is 4.98 Å². The zero-order chi connectivity index (χ0) is 11.4. The van der Waals surface area contributed by atoms with Crippen LogP contribution in [0.5, 0.6) is 0 Å². The lowest BCUT2D eigenvalue weighted by molar-refractivity contribution is 1.30. The first-order valence-corrected chi connectivity index (χ1v) is 5.96. The highest BCUT2D eigenvalue weighted by molar-refractivity contribution is 9.08. The zero-order valence-corrected chi connectivity index (χ0v) is 10.1. The van der Waals surface area contributed by atoms with Gasteiger partial charge < -0.3 is 0 Å². The number of benzene rings is 1. The molecule has 1 aromatic heterocycles. The second-order valence-corrected chi connectivity index (χ2v) is 3.92. The molecule has 0 aliphatic carbocycles. The quantitative estimate of drug-likeness (QED) is 0.785. The van der Waals surface area contributed by atoms with Crippen molar-refractivity contribution in [1.82, 2.24) is 4.98 Å². The summed E-state index contributed by atoms with van der Waals surface area (Å²) in [6.45, 7) is 0. The molecule has 0 atom stereocenters. The molecule has 1 heterocycles. The number of nitrogens with zero attached hydrogens (tertiary/aromatic N) is 2. The number of aromatic nitrogens is 1. The topological polar surface area (TPSA) is 36.7 Å². The summed E-state index contributed by atoms with van der Waals surface area (Å²) in [6, 6.07) is 12.1. The number of hydrogen-bond donors (Lipinski definition) is 0. The molecule has 0 amide bonds. The Morgan fingerprint density at radius 2 is 1.94 bits per heavy atom. The van der Waals surface area contributed by atoms with Crippen LogP contribution in [0.25, 0.3) is 11.1 Å². The van der Waals surface area contributed by atoms with Crippen LogP contribution in [0, 0.1) is 11.3 Å². The van der Waals surface area contributed by atoms with Crippen LogP contribution in [0.4, 0.5) is 0 Å². The molecule has 0 aliphatic rings. The molecule has 2 aromatic rings. The molecular weight excluding hydrogens is 264 g/mol. The monoisotopic (exact) mass is 272 g/mol. The van der Waals surface area contributed by atoms with Crippen LogP contribution in [0.2, 0.25) is 0 Å². The number of rotatable bonds is 2. The fraction of sp³-hybridized carbons (Fsp3) is 0.0769. The number of hydrogen-bond acceptors (Lipinski definition) is 2. The average Bonchev–Trinajstić information content (AvgIpc) is 2.39. The van der Waals surface area contributed by atoms with E-state index in [1.807, 2.05) is 30.3 Å². The molecule has 0 saturated carbocycles. The van der Waals surface area contributed by atoms with Gasteiger partial charge in [0, 0.05) is 23.3 Å². The molecule has 2 nitrogen and oxygen atoms in total. The molecule has 78 valence electrons. The van der Waals surface area contributed by atoms with Gasteiger partial charge >= 0.3 is 0 Å². The zero-order valence-electron chi connectivity index (χ0n) is 8.52. The first-order chi connectivity index (χ1) is 7.85. The van der Waals surface area contributed by atoms with E-state index >= 15 is 0 Å². The Morgan fingerprint density at radius 1 is 1.19 bits per heavy atom. The average molecular weight is 273 g/mol. The van der Waals surface area contributed by atoms with Crippen molar-refractivity contribution in [3.8, 4) is 17.2 Å². The molecule has 1 aromatic carbocycles. The standard InChI is InChI=1S/C13H9BrN2/c14-7-10-1-3-11(4-2-10)13-5-6-16-9-12(13)8-15/h1-6,9H,7H2. The van der Waals surface area contributed by atoms with Crippen molar-refractivity contribution in [3.63, 3.8) is 0 Å². The predicted octanol–water partition coefficient (Wildman–Crippen LogP) is 3.52. The van der Waals surface area contributed by atoms with Crippen LogP contribution in [0.1, 0.15) is 11.1 Å². The van der Waals surface area contributed by atoms with E-state index in [0.717, 1.165) is 16.5 Å². The smallest absolute Gasteiger partial charge is 0.101 e. The fourth-order valence-corrected chi connectivity index (χ4v) is 1.88. The first-order valence-electron chi connectivity index (χ1n) is 4.84. The number of alkyl halides is 1. The van der Waals surface area contributed by atoms with Crippen molar-refractivity contribution in [2.75, 3.05) is 0 Å². The Bertz CT molecular complexity index is 526. The van der Waals surface area contributed by atoms with Gasteiger partial charge in [-0.05, 0) is 17.2 Å². The van der Waals surface area contributed by atoms with E-state index in [1.165, 1.54) is 5.56 Å². The van der Waals surface area contributed by atoms with Crippen molar-refractivity contribution >= 4 is 15.9 Å². The summed E-state index contributed by atoms with van der Waals surface area (Å²) in [5, 5.41) is 9.83. The summed E-state index contributed by atoms with van der Waals surface area (Å²) in [7, 11) is 0. The van der Waals surface area contributed by atoms with Crippen molar-refractivity contribution in [1.29, 1.82) is 5.26 Å². The SMILES string of the molecule is N#Cc1cnccc1-c1ccc(CBr)cc1. The summed E-state index contributed by atoms with van der Waals surface area (Å²) in [6.07, 6.45) is 3.29. The van der Waals surface area contributed by atoms with E-state index in [9.17, 15) is 0 Å². The third-order valence-corrected chi connectivity index (χ3v) is 3.01. The Kier molecular flexibility index (Phi) is 3.33. The second-order valence-electron chi connectivity index (χ2n) is 3.36. The summed E-state index contributed by atoms with van der Waals surface area (Å²) in [5.41, 5.74) is 3.80. The van der Waals surface area contributed by atoms with E-state index in [0.29, 0.717) is 5.56 Å². The fourth-order valence-electron chi connectivity index (χ4n) is 1.51.